The smallest absolute Gasteiger partial charge is 0.128 e. The SMILES string of the molecule is C[C@H](O)C[NH2+]CC[NH2+]Cc1ccccc1OCc1ccccc1. The molecule has 2 rings (SSSR count). The summed E-state index contributed by atoms with van der Waals surface area (Å²) in [7, 11) is 0. The van der Waals surface area contributed by atoms with Crippen LogP contribution in [0.2, 0.25) is 0 Å². The van der Waals surface area contributed by atoms with Crippen LogP contribution in [0.5, 0.6) is 5.75 Å². The van der Waals surface area contributed by atoms with Crippen LogP contribution in [0.1, 0.15) is 18.1 Å². The van der Waals surface area contributed by atoms with E-state index in [-0.39, 0.29) is 6.10 Å². The van der Waals surface area contributed by atoms with Crippen molar-refractivity contribution in [2.24, 2.45) is 0 Å². The number of aliphatic hydroxyl groups excluding tert-OH is 1. The number of hydrogen-bond acceptors (Lipinski definition) is 2. The van der Waals surface area contributed by atoms with Crippen molar-refractivity contribution >= 4 is 0 Å². The van der Waals surface area contributed by atoms with E-state index >= 15 is 0 Å². The van der Waals surface area contributed by atoms with E-state index in [9.17, 15) is 5.11 Å². The highest BCUT2D eigenvalue weighted by atomic mass is 16.5. The van der Waals surface area contributed by atoms with Crippen LogP contribution < -0.4 is 15.4 Å². The molecule has 0 spiro atoms. The molecular weight excluding hydrogens is 288 g/mol. The summed E-state index contributed by atoms with van der Waals surface area (Å²) in [5.41, 5.74) is 2.40. The molecule has 0 bridgehead atoms. The van der Waals surface area contributed by atoms with E-state index in [0.29, 0.717) is 6.61 Å². The zero-order valence-electron chi connectivity index (χ0n) is 13.8. The lowest BCUT2D eigenvalue weighted by Crippen LogP contribution is -2.95. The van der Waals surface area contributed by atoms with Gasteiger partial charge in [0.15, 0.2) is 0 Å². The first-order chi connectivity index (χ1) is 11.3. The molecule has 5 N–H and O–H groups in total. The minimum atomic E-state index is -0.234. The van der Waals surface area contributed by atoms with Crippen molar-refractivity contribution < 1.29 is 20.5 Å². The average molecular weight is 316 g/mol. The summed E-state index contributed by atoms with van der Waals surface area (Å²) in [5.74, 6) is 0.959. The monoisotopic (exact) mass is 316 g/mol. The van der Waals surface area contributed by atoms with Gasteiger partial charge < -0.3 is 20.5 Å². The van der Waals surface area contributed by atoms with Crippen LogP contribution in [0, 0.1) is 0 Å². The number of hydrogen-bond donors (Lipinski definition) is 3. The van der Waals surface area contributed by atoms with Gasteiger partial charge in [-0.15, -0.1) is 0 Å². The van der Waals surface area contributed by atoms with Gasteiger partial charge in [-0.3, -0.25) is 0 Å². The molecule has 124 valence electrons. The molecule has 0 heterocycles. The Morgan fingerprint density at radius 2 is 1.65 bits per heavy atom. The number of quaternary nitrogens is 2. The highest BCUT2D eigenvalue weighted by Crippen LogP contribution is 2.18. The van der Waals surface area contributed by atoms with Crippen molar-refractivity contribution in [2.45, 2.75) is 26.2 Å². The number of rotatable bonds is 10. The second-order valence-electron chi connectivity index (χ2n) is 5.83. The molecule has 0 aliphatic heterocycles. The van der Waals surface area contributed by atoms with E-state index < -0.39 is 0 Å². The Morgan fingerprint density at radius 1 is 0.957 bits per heavy atom. The summed E-state index contributed by atoms with van der Waals surface area (Å²) < 4.78 is 5.97. The van der Waals surface area contributed by atoms with E-state index in [1.165, 1.54) is 11.1 Å². The molecule has 1 atom stereocenters. The first-order valence-electron chi connectivity index (χ1n) is 8.31. The molecule has 0 unspecified atom stereocenters. The molecule has 0 aliphatic rings. The van der Waals surface area contributed by atoms with E-state index in [1.807, 2.05) is 37.3 Å². The summed E-state index contributed by atoms with van der Waals surface area (Å²) in [6.45, 7) is 6.14. The highest BCUT2D eigenvalue weighted by Gasteiger charge is 2.06. The maximum atomic E-state index is 9.22. The van der Waals surface area contributed by atoms with Crippen LogP contribution >= 0.6 is 0 Å². The quantitative estimate of drug-likeness (QED) is 0.551. The van der Waals surface area contributed by atoms with Crippen molar-refractivity contribution in [3.05, 3.63) is 65.7 Å². The minimum absolute atomic E-state index is 0.234. The molecule has 0 fully saturated rings. The van der Waals surface area contributed by atoms with Gasteiger partial charge >= 0.3 is 0 Å². The van der Waals surface area contributed by atoms with Crippen molar-refractivity contribution in [3.8, 4) is 5.75 Å². The van der Waals surface area contributed by atoms with E-state index in [4.69, 9.17) is 4.74 Å². The first kappa shape index (κ1) is 17.5. The Morgan fingerprint density at radius 3 is 2.43 bits per heavy atom. The van der Waals surface area contributed by atoms with Gasteiger partial charge in [0, 0.05) is 5.56 Å². The second kappa shape index (κ2) is 10.0. The summed E-state index contributed by atoms with van der Waals surface area (Å²) in [4.78, 5) is 0. The lowest BCUT2D eigenvalue weighted by atomic mass is 10.2. The lowest BCUT2D eigenvalue weighted by molar-refractivity contribution is -0.733. The summed E-state index contributed by atoms with van der Waals surface area (Å²) in [6, 6.07) is 18.4. The Balaban J connectivity index is 1.76. The minimum Gasteiger partial charge on any atom is -0.488 e. The summed E-state index contributed by atoms with van der Waals surface area (Å²) >= 11 is 0. The molecule has 0 amide bonds. The van der Waals surface area contributed by atoms with E-state index in [1.54, 1.807) is 0 Å². The molecule has 2 aromatic carbocycles. The van der Waals surface area contributed by atoms with Gasteiger partial charge in [0.05, 0.1) is 6.10 Å². The standard InChI is InChI=1S/C19H26N2O2/c1-16(22)13-20-11-12-21-14-18-9-5-6-10-19(18)23-15-17-7-3-2-4-8-17/h2-10,16,20-22H,11-15H2,1H3/p+2/t16-/m0/s1. The number of para-hydroxylation sites is 1. The molecule has 0 aromatic heterocycles. The van der Waals surface area contributed by atoms with Crippen molar-refractivity contribution in [2.75, 3.05) is 19.6 Å². The first-order valence-corrected chi connectivity index (χ1v) is 8.31. The van der Waals surface area contributed by atoms with Crippen LogP contribution in [0.3, 0.4) is 0 Å². The van der Waals surface area contributed by atoms with E-state index in [0.717, 1.165) is 31.9 Å². The van der Waals surface area contributed by atoms with Crippen LogP contribution in [0.4, 0.5) is 0 Å². The Bertz CT molecular complexity index is 558. The molecule has 0 aliphatic carbocycles. The Hall–Kier alpha value is -1.88. The van der Waals surface area contributed by atoms with Gasteiger partial charge in [-0.1, -0.05) is 42.5 Å². The fourth-order valence-electron chi connectivity index (χ4n) is 2.40. The van der Waals surface area contributed by atoms with Crippen molar-refractivity contribution in [1.82, 2.24) is 0 Å². The molecule has 0 saturated carbocycles. The Labute approximate surface area is 138 Å². The molecule has 4 nitrogen and oxygen atoms in total. The van der Waals surface area contributed by atoms with Gasteiger partial charge in [0.1, 0.15) is 38.5 Å². The van der Waals surface area contributed by atoms with Crippen molar-refractivity contribution in [3.63, 3.8) is 0 Å². The molecule has 2 aromatic rings. The van der Waals surface area contributed by atoms with Gasteiger partial charge in [0.25, 0.3) is 0 Å². The third-order valence-electron chi connectivity index (χ3n) is 3.66. The predicted octanol–water partition coefficient (Wildman–Crippen LogP) is 0.273. The van der Waals surface area contributed by atoms with Crippen LogP contribution in [-0.4, -0.2) is 30.8 Å². The number of ether oxygens (including phenoxy) is 1. The third-order valence-corrected chi connectivity index (χ3v) is 3.66. The molecular formula is C19H28N2O2+2. The predicted molar refractivity (Wildman–Crippen MR) is 91.1 cm³/mol. The van der Waals surface area contributed by atoms with Gasteiger partial charge in [-0.25, -0.2) is 0 Å². The summed E-state index contributed by atoms with van der Waals surface area (Å²) in [5, 5.41) is 13.7. The van der Waals surface area contributed by atoms with Crippen molar-refractivity contribution in [1.29, 1.82) is 0 Å². The maximum absolute atomic E-state index is 9.22. The summed E-state index contributed by atoms with van der Waals surface area (Å²) in [6.07, 6.45) is -0.234. The molecule has 4 heteroatoms. The zero-order chi connectivity index (χ0) is 16.3. The topological polar surface area (TPSA) is 62.7 Å². The zero-order valence-corrected chi connectivity index (χ0v) is 13.8. The third kappa shape index (κ3) is 6.82. The van der Waals surface area contributed by atoms with Crippen LogP contribution in [0.15, 0.2) is 54.6 Å². The van der Waals surface area contributed by atoms with E-state index in [2.05, 4.69) is 34.9 Å². The average Bonchev–Trinajstić information content (AvgIpc) is 2.57. The lowest BCUT2D eigenvalue weighted by Gasteiger charge is -2.11. The molecule has 23 heavy (non-hydrogen) atoms. The molecule has 0 saturated heterocycles. The van der Waals surface area contributed by atoms with Crippen LogP contribution in [-0.2, 0) is 13.2 Å². The fourth-order valence-corrected chi connectivity index (χ4v) is 2.40. The normalized spacial score (nSPS) is 12.1. The number of aliphatic hydroxyl groups is 1. The maximum Gasteiger partial charge on any atom is 0.128 e. The largest absolute Gasteiger partial charge is 0.488 e. The van der Waals surface area contributed by atoms with Gasteiger partial charge in [-0.2, -0.15) is 0 Å². The highest BCUT2D eigenvalue weighted by molar-refractivity contribution is 5.32. The Kier molecular flexibility index (Phi) is 7.60. The number of nitrogens with two attached hydrogens (primary N) is 2. The van der Waals surface area contributed by atoms with Gasteiger partial charge in [0.2, 0.25) is 0 Å². The van der Waals surface area contributed by atoms with Crippen LogP contribution in [0.25, 0.3) is 0 Å². The van der Waals surface area contributed by atoms with Gasteiger partial charge in [-0.05, 0) is 24.6 Å². The second-order valence-corrected chi connectivity index (χ2v) is 5.83. The number of benzene rings is 2. The fraction of sp³-hybridized carbons (Fsp3) is 0.368. The molecule has 0 radical (unpaired) electrons.